The number of aliphatic carboxylic acids is 1. The van der Waals surface area contributed by atoms with E-state index in [0.29, 0.717) is 24.3 Å². The zero-order valence-electron chi connectivity index (χ0n) is 12.4. The lowest BCUT2D eigenvalue weighted by molar-refractivity contribution is -0.139. The zero-order valence-corrected chi connectivity index (χ0v) is 12.4. The third kappa shape index (κ3) is 3.79. The van der Waals surface area contributed by atoms with Crippen LogP contribution < -0.4 is 0 Å². The van der Waals surface area contributed by atoms with Crippen LogP contribution in [0, 0.1) is 0 Å². The summed E-state index contributed by atoms with van der Waals surface area (Å²) in [5.74, 6) is 0.352. The highest BCUT2D eigenvalue weighted by Crippen LogP contribution is 2.25. The molecule has 20 heavy (non-hydrogen) atoms. The smallest absolute Gasteiger partial charge is 0.317 e. The molecule has 0 radical (unpaired) electrons. The van der Waals surface area contributed by atoms with E-state index in [1.807, 2.05) is 25.7 Å². The Morgan fingerprint density at radius 3 is 2.55 bits per heavy atom. The van der Waals surface area contributed by atoms with Crippen molar-refractivity contribution in [1.29, 1.82) is 0 Å². The van der Waals surface area contributed by atoms with Crippen molar-refractivity contribution < 1.29 is 14.4 Å². The summed E-state index contributed by atoms with van der Waals surface area (Å²) in [4.78, 5) is 17.3. The lowest BCUT2D eigenvalue weighted by Crippen LogP contribution is -2.37. The van der Waals surface area contributed by atoms with Crippen LogP contribution in [-0.2, 0) is 16.8 Å². The highest BCUT2D eigenvalue weighted by Gasteiger charge is 2.27. The molecule has 2 rings (SSSR count). The van der Waals surface area contributed by atoms with Crippen LogP contribution in [0.15, 0.2) is 4.52 Å². The van der Waals surface area contributed by atoms with Crippen molar-refractivity contribution in [1.82, 2.24) is 15.0 Å². The van der Waals surface area contributed by atoms with Gasteiger partial charge >= 0.3 is 5.97 Å². The number of carboxylic acid groups (broad SMARTS) is 1. The van der Waals surface area contributed by atoms with E-state index in [4.69, 9.17) is 9.63 Å². The van der Waals surface area contributed by atoms with Crippen molar-refractivity contribution in [2.75, 3.05) is 6.54 Å². The van der Waals surface area contributed by atoms with Gasteiger partial charge in [-0.3, -0.25) is 9.69 Å². The fourth-order valence-electron chi connectivity index (χ4n) is 2.55. The topological polar surface area (TPSA) is 79.5 Å². The van der Waals surface area contributed by atoms with E-state index in [-0.39, 0.29) is 12.0 Å². The summed E-state index contributed by atoms with van der Waals surface area (Å²) in [7, 11) is 0. The van der Waals surface area contributed by atoms with Crippen molar-refractivity contribution in [3.05, 3.63) is 11.7 Å². The average molecular weight is 281 g/mol. The molecular formula is C14H23N3O3. The lowest BCUT2D eigenvalue weighted by Gasteiger charge is -2.25. The van der Waals surface area contributed by atoms with E-state index in [0.717, 1.165) is 25.7 Å². The SMILES string of the molecule is CC(C)(C)c1noc(CN(CC(=O)O)C2CCCC2)n1. The number of rotatable bonds is 5. The molecule has 1 aromatic rings. The number of hydrogen-bond donors (Lipinski definition) is 1. The summed E-state index contributed by atoms with van der Waals surface area (Å²) >= 11 is 0. The van der Waals surface area contributed by atoms with Crippen molar-refractivity contribution in [2.24, 2.45) is 0 Å². The van der Waals surface area contributed by atoms with E-state index in [2.05, 4.69) is 10.1 Å². The molecule has 0 aromatic carbocycles. The van der Waals surface area contributed by atoms with Gasteiger partial charge in [-0.2, -0.15) is 4.98 Å². The molecule has 1 aromatic heterocycles. The van der Waals surface area contributed by atoms with Gasteiger partial charge < -0.3 is 9.63 Å². The van der Waals surface area contributed by atoms with Crippen LogP contribution in [0.4, 0.5) is 0 Å². The molecule has 6 heteroatoms. The summed E-state index contributed by atoms with van der Waals surface area (Å²) < 4.78 is 5.27. The Bertz CT molecular complexity index is 458. The molecule has 0 spiro atoms. The Kier molecular flexibility index (Phi) is 4.42. The molecule has 0 amide bonds. The molecule has 1 aliphatic rings. The van der Waals surface area contributed by atoms with Gasteiger partial charge in [-0.25, -0.2) is 0 Å². The third-order valence-electron chi connectivity index (χ3n) is 3.66. The minimum absolute atomic E-state index is 0.0257. The number of aromatic nitrogens is 2. The standard InChI is InChI=1S/C14H23N3O3/c1-14(2,3)13-15-11(20-16-13)8-17(9-12(18)19)10-6-4-5-7-10/h10H,4-9H2,1-3H3,(H,18,19). The molecule has 0 aliphatic heterocycles. The summed E-state index contributed by atoms with van der Waals surface area (Å²) in [6, 6.07) is 0.316. The predicted molar refractivity (Wildman–Crippen MR) is 73.3 cm³/mol. The summed E-state index contributed by atoms with van der Waals surface area (Å²) in [5.41, 5.74) is -0.160. The largest absolute Gasteiger partial charge is 0.480 e. The molecule has 112 valence electrons. The van der Waals surface area contributed by atoms with Crippen molar-refractivity contribution in [3.63, 3.8) is 0 Å². The lowest BCUT2D eigenvalue weighted by atomic mass is 9.96. The van der Waals surface area contributed by atoms with E-state index >= 15 is 0 Å². The van der Waals surface area contributed by atoms with Crippen LogP contribution >= 0.6 is 0 Å². The number of carboxylic acids is 1. The maximum atomic E-state index is 11.0. The van der Waals surface area contributed by atoms with Gasteiger partial charge in [0.1, 0.15) is 0 Å². The minimum atomic E-state index is -0.813. The molecule has 1 heterocycles. The Labute approximate surface area is 119 Å². The van der Waals surface area contributed by atoms with Gasteiger partial charge in [0, 0.05) is 11.5 Å². The molecule has 0 unspecified atom stereocenters. The molecule has 1 fully saturated rings. The van der Waals surface area contributed by atoms with Gasteiger partial charge in [0.2, 0.25) is 5.89 Å². The minimum Gasteiger partial charge on any atom is -0.480 e. The second-order valence-electron chi connectivity index (χ2n) is 6.50. The molecule has 0 saturated heterocycles. The second-order valence-corrected chi connectivity index (χ2v) is 6.50. The molecule has 0 atom stereocenters. The molecule has 1 aliphatic carbocycles. The van der Waals surface area contributed by atoms with Crippen LogP contribution in [0.1, 0.15) is 58.2 Å². The van der Waals surface area contributed by atoms with Gasteiger partial charge in [0.15, 0.2) is 5.82 Å². The number of nitrogens with zero attached hydrogens (tertiary/aromatic N) is 3. The van der Waals surface area contributed by atoms with Crippen LogP contribution in [0.3, 0.4) is 0 Å². The Balaban J connectivity index is 2.06. The molecule has 6 nitrogen and oxygen atoms in total. The first-order chi connectivity index (χ1) is 9.36. The van der Waals surface area contributed by atoms with E-state index < -0.39 is 5.97 Å². The fourth-order valence-corrected chi connectivity index (χ4v) is 2.55. The monoisotopic (exact) mass is 281 g/mol. The predicted octanol–water partition coefficient (Wildman–Crippen LogP) is 2.20. The fraction of sp³-hybridized carbons (Fsp3) is 0.786. The maximum Gasteiger partial charge on any atom is 0.317 e. The Hall–Kier alpha value is -1.43. The number of hydrogen-bond acceptors (Lipinski definition) is 5. The molecule has 1 saturated carbocycles. The number of carbonyl (C=O) groups is 1. The normalized spacial score (nSPS) is 17.0. The quantitative estimate of drug-likeness (QED) is 0.891. The van der Waals surface area contributed by atoms with Gasteiger partial charge in [-0.1, -0.05) is 38.8 Å². The van der Waals surface area contributed by atoms with E-state index in [1.165, 1.54) is 0 Å². The van der Waals surface area contributed by atoms with Crippen molar-refractivity contribution in [3.8, 4) is 0 Å². The van der Waals surface area contributed by atoms with Crippen LogP contribution in [0.25, 0.3) is 0 Å². The molecule has 1 N–H and O–H groups in total. The zero-order chi connectivity index (χ0) is 14.8. The Morgan fingerprint density at radius 1 is 1.40 bits per heavy atom. The highest BCUT2D eigenvalue weighted by molar-refractivity contribution is 5.69. The second kappa shape index (κ2) is 5.91. The third-order valence-corrected chi connectivity index (χ3v) is 3.66. The maximum absolute atomic E-state index is 11.0. The van der Waals surface area contributed by atoms with Gasteiger partial charge in [-0.05, 0) is 12.8 Å². The van der Waals surface area contributed by atoms with E-state index in [9.17, 15) is 4.79 Å². The van der Waals surface area contributed by atoms with Crippen molar-refractivity contribution >= 4 is 5.97 Å². The van der Waals surface area contributed by atoms with Crippen LogP contribution in [-0.4, -0.2) is 38.7 Å². The summed E-state index contributed by atoms with van der Waals surface area (Å²) in [6.45, 7) is 6.51. The van der Waals surface area contributed by atoms with Gasteiger partial charge in [-0.15, -0.1) is 0 Å². The molecular weight excluding hydrogens is 258 g/mol. The summed E-state index contributed by atoms with van der Waals surface area (Å²) in [5, 5.41) is 13.0. The first kappa shape index (κ1) is 15.0. The molecule has 0 bridgehead atoms. The first-order valence-electron chi connectivity index (χ1n) is 7.15. The first-order valence-corrected chi connectivity index (χ1v) is 7.15. The van der Waals surface area contributed by atoms with Gasteiger partial charge in [0.05, 0.1) is 13.1 Å². The highest BCUT2D eigenvalue weighted by atomic mass is 16.5. The average Bonchev–Trinajstić information content (AvgIpc) is 2.97. The van der Waals surface area contributed by atoms with E-state index in [1.54, 1.807) is 0 Å². The van der Waals surface area contributed by atoms with Crippen LogP contribution in [0.5, 0.6) is 0 Å². The summed E-state index contributed by atoms with van der Waals surface area (Å²) in [6.07, 6.45) is 4.43. The van der Waals surface area contributed by atoms with Gasteiger partial charge in [0.25, 0.3) is 0 Å². The Morgan fingerprint density at radius 2 is 2.05 bits per heavy atom. The van der Waals surface area contributed by atoms with Crippen molar-refractivity contribution in [2.45, 2.75) is 64.5 Å². The van der Waals surface area contributed by atoms with Crippen LogP contribution in [0.2, 0.25) is 0 Å².